The number of piperidine rings is 1. The van der Waals surface area contributed by atoms with Crippen LogP contribution in [0, 0.1) is 0 Å². The predicted molar refractivity (Wildman–Crippen MR) is 124 cm³/mol. The van der Waals surface area contributed by atoms with E-state index < -0.39 is 12.1 Å². The van der Waals surface area contributed by atoms with Crippen LogP contribution in [0.15, 0.2) is 48.5 Å². The van der Waals surface area contributed by atoms with Gasteiger partial charge in [0.15, 0.2) is 0 Å². The van der Waals surface area contributed by atoms with Gasteiger partial charge in [-0.05, 0) is 67.6 Å². The molecular weight excluding hydrogens is 408 g/mol. The zero-order valence-electron chi connectivity index (χ0n) is 18.5. The minimum Gasteiger partial charge on any atom is -0.497 e. The van der Waals surface area contributed by atoms with Gasteiger partial charge in [-0.2, -0.15) is 0 Å². The molecule has 1 heterocycles. The zero-order valence-corrected chi connectivity index (χ0v) is 18.5. The van der Waals surface area contributed by atoms with E-state index >= 15 is 0 Å². The minimum absolute atomic E-state index is 0.106. The number of hydrogen-bond donors (Lipinski definition) is 3. The zero-order chi connectivity index (χ0) is 22.9. The maximum atomic E-state index is 12.9. The van der Waals surface area contributed by atoms with Gasteiger partial charge in [0.2, 0.25) is 0 Å². The van der Waals surface area contributed by atoms with Gasteiger partial charge in [0.05, 0.1) is 7.11 Å². The summed E-state index contributed by atoms with van der Waals surface area (Å²) >= 11 is 0. The molecule has 0 atom stereocenters. The Morgan fingerprint density at radius 1 is 1.12 bits per heavy atom. The summed E-state index contributed by atoms with van der Waals surface area (Å²) in [5.74, 6) is 0.708. The number of amides is 3. The number of nitrogens with zero attached hydrogens (tertiary/aromatic N) is 2. The normalized spacial score (nSPS) is 14.1. The van der Waals surface area contributed by atoms with E-state index in [1.54, 1.807) is 12.0 Å². The highest BCUT2D eigenvalue weighted by Gasteiger charge is 2.29. The van der Waals surface area contributed by atoms with Crippen molar-refractivity contribution in [3.8, 4) is 5.75 Å². The summed E-state index contributed by atoms with van der Waals surface area (Å²) in [7, 11) is 1.58. The molecule has 0 saturated carbocycles. The number of benzene rings is 2. The molecule has 3 rings (SSSR count). The van der Waals surface area contributed by atoms with Gasteiger partial charge < -0.3 is 25.8 Å². The highest BCUT2D eigenvalue weighted by atomic mass is 16.5. The van der Waals surface area contributed by atoms with Gasteiger partial charge in [0.25, 0.3) is 0 Å². The Morgan fingerprint density at radius 3 is 2.47 bits per heavy atom. The molecule has 32 heavy (non-hydrogen) atoms. The van der Waals surface area contributed by atoms with Crippen molar-refractivity contribution < 1.29 is 19.4 Å². The van der Waals surface area contributed by atoms with Crippen molar-refractivity contribution in [2.75, 3.05) is 38.6 Å². The van der Waals surface area contributed by atoms with Crippen LogP contribution >= 0.6 is 0 Å². The van der Waals surface area contributed by atoms with Crippen LogP contribution in [0.3, 0.4) is 0 Å². The molecule has 2 aromatic carbocycles. The minimum atomic E-state index is -1.23. The van der Waals surface area contributed by atoms with E-state index in [4.69, 9.17) is 10.5 Å². The van der Waals surface area contributed by atoms with Crippen molar-refractivity contribution in [3.05, 3.63) is 59.7 Å². The lowest BCUT2D eigenvalue weighted by atomic mass is 10.0. The summed E-state index contributed by atoms with van der Waals surface area (Å²) in [4.78, 5) is 27.1. The molecule has 0 bridgehead atoms. The molecule has 1 fully saturated rings. The highest BCUT2D eigenvalue weighted by molar-refractivity contribution is 5.90. The van der Waals surface area contributed by atoms with Crippen molar-refractivity contribution >= 4 is 17.8 Å². The van der Waals surface area contributed by atoms with E-state index in [0.717, 1.165) is 35.4 Å². The molecular formula is C24H32N4O4. The molecule has 0 aliphatic carbocycles. The van der Waals surface area contributed by atoms with Crippen molar-refractivity contribution in [3.63, 3.8) is 0 Å². The van der Waals surface area contributed by atoms with E-state index in [1.807, 2.05) is 36.4 Å². The number of ether oxygens (including phenoxy) is 1. The lowest BCUT2D eigenvalue weighted by Gasteiger charge is -2.35. The summed E-state index contributed by atoms with van der Waals surface area (Å²) in [6.45, 7) is 1.77. The third kappa shape index (κ3) is 6.37. The predicted octanol–water partition coefficient (Wildman–Crippen LogP) is 3.42. The Labute approximate surface area is 189 Å². The Morgan fingerprint density at radius 2 is 1.84 bits per heavy atom. The smallest absolute Gasteiger partial charge is 0.415 e. The first-order chi connectivity index (χ1) is 15.5. The molecule has 0 aromatic heterocycles. The topological polar surface area (TPSA) is 108 Å². The van der Waals surface area contributed by atoms with Crippen LogP contribution in [0.5, 0.6) is 5.75 Å². The number of nitrogens with one attached hydrogen (secondary N) is 1. The third-order valence-corrected chi connectivity index (χ3v) is 5.74. The van der Waals surface area contributed by atoms with Crippen molar-refractivity contribution in [1.82, 2.24) is 9.80 Å². The Balaban J connectivity index is 1.51. The largest absolute Gasteiger partial charge is 0.497 e. The molecule has 3 amide bonds. The van der Waals surface area contributed by atoms with Crippen LogP contribution < -0.4 is 15.8 Å². The van der Waals surface area contributed by atoms with Crippen LogP contribution in [0.4, 0.5) is 15.3 Å². The summed E-state index contributed by atoms with van der Waals surface area (Å²) in [6, 6.07) is 15.5. The average Bonchev–Trinajstić information content (AvgIpc) is 2.81. The monoisotopic (exact) mass is 440 g/mol. The second-order valence-electron chi connectivity index (χ2n) is 7.96. The van der Waals surface area contributed by atoms with Gasteiger partial charge in [-0.1, -0.05) is 24.3 Å². The Hall–Kier alpha value is -3.26. The van der Waals surface area contributed by atoms with E-state index in [9.17, 15) is 14.7 Å². The van der Waals surface area contributed by atoms with Crippen LogP contribution in [-0.4, -0.2) is 66.4 Å². The number of imide groups is 1. The average molecular weight is 441 g/mol. The van der Waals surface area contributed by atoms with Gasteiger partial charge in [0, 0.05) is 31.4 Å². The number of urea groups is 1. The number of hydrogen-bond acceptors (Lipinski definition) is 5. The number of carboxylic acid groups (broad SMARTS) is 1. The van der Waals surface area contributed by atoms with Crippen LogP contribution in [-0.2, 0) is 12.8 Å². The van der Waals surface area contributed by atoms with Crippen molar-refractivity contribution in [2.24, 2.45) is 5.73 Å². The third-order valence-electron chi connectivity index (χ3n) is 5.74. The lowest BCUT2D eigenvalue weighted by Crippen LogP contribution is -2.50. The van der Waals surface area contributed by atoms with Gasteiger partial charge in [-0.15, -0.1) is 0 Å². The summed E-state index contributed by atoms with van der Waals surface area (Å²) < 4.78 is 5.20. The first-order valence-electron chi connectivity index (χ1n) is 11.0. The van der Waals surface area contributed by atoms with Gasteiger partial charge in [-0.25, -0.2) is 14.5 Å². The number of anilines is 1. The van der Waals surface area contributed by atoms with Crippen LogP contribution in [0.2, 0.25) is 0 Å². The van der Waals surface area contributed by atoms with Crippen molar-refractivity contribution in [2.45, 2.75) is 31.7 Å². The maximum Gasteiger partial charge on any atom is 0.415 e. The molecule has 172 valence electrons. The fourth-order valence-corrected chi connectivity index (χ4v) is 3.90. The van der Waals surface area contributed by atoms with E-state index in [2.05, 4.69) is 17.4 Å². The fraction of sp³-hybridized carbons (Fsp3) is 0.417. The first-order valence-corrected chi connectivity index (χ1v) is 11.0. The molecule has 8 nitrogen and oxygen atoms in total. The summed E-state index contributed by atoms with van der Waals surface area (Å²) in [5.41, 5.74) is 8.76. The van der Waals surface area contributed by atoms with Gasteiger partial charge in [0.1, 0.15) is 5.75 Å². The number of carbonyl (C=O) groups is 2. The molecule has 2 aromatic rings. The molecule has 1 saturated heterocycles. The quantitative estimate of drug-likeness (QED) is 0.581. The summed E-state index contributed by atoms with van der Waals surface area (Å²) in [6.07, 6.45) is 1.60. The fourth-order valence-electron chi connectivity index (χ4n) is 3.90. The molecule has 0 unspecified atom stereocenters. The number of rotatable bonds is 8. The molecule has 1 aliphatic heterocycles. The second kappa shape index (κ2) is 11.4. The first kappa shape index (κ1) is 23.4. The van der Waals surface area contributed by atoms with Gasteiger partial charge in [-0.3, -0.25) is 0 Å². The van der Waals surface area contributed by atoms with Crippen LogP contribution in [0.25, 0.3) is 0 Å². The number of likely N-dealkylation sites (tertiary alicyclic amines) is 1. The second-order valence-corrected chi connectivity index (χ2v) is 7.96. The molecule has 8 heteroatoms. The Kier molecular flexibility index (Phi) is 8.33. The van der Waals surface area contributed by atoms with Crippen LogP contribution in [0.1, 0.15) is 24.0 Å². The SMILES string of the molecule is COc1cccc(CCN(C(=O)O)C(=O)N2CCC(Nc3ccc(CCN)cc3)CC2)c1. The number of carbonyl (C=O) groups excluding carboxylic acids is 1. The molecule has 0 spiro atoms. The maximum absolute atomic E-state index is 12.9. The summed E-state index contributed by atoms with van der Waals surface area (Å²) in [5, 5.41) is 13.1. The Bertz CT molecular complexity index is 895. The van der Waals surface area contributed by atoms with Gasteiger partial charge >= 0.3 is 12.1 Å². The standard InChI is InChI=1S/C24H32N4O4/c1-32-22-4-2-3-19(17-22)10-16-28(24(30)31)23(29)27-14-11-21(12-15-27)26-20-7-5-18(6-8-20)9-13-25/h2-8,17,21,26H,9-16,25H2,1H3,(H,30,31). The van der Waals surface area contributed by atoms with Crippen molar-refractivity contribution in [1.29, 1.82) is 0 Å². The molecule has 4 N–H and O–H groups in total. The molecule has 1 aliphatic rings. The lowest BCUT2D eigenvalue weighted by molar-refractivity contribution is 0.122. The van der Waals surface area contributed by atoms with E-state index in [1.165, 1.54) is 5.56 Å². The molecule has 0 radical (unpaired) electrons. The number of nitrogens with two attached hydrogens (primary N) is 1. The highest BCUT2D eigenvalue weighted by Crippen LogP contribution is 2.19. The van der Waals surface area contributed by atoms with E-state index in [-0.39, 0.29) is 12.6 Å². The van der Waals surface area contributed by atoms with E-state index in [0.29, 0.717) is 31.8 Å². The number of methoxy groups -OCH3 is 1.